The van der Waals surface area contributed by atoms with Crippen molar-refractivity contribution in [3.63, 3.8) is 0 Å². The van der Waals surface area contributed by atoms with E-state index in [9.17, 15) is 0 Å². The van der Waals surface area contributed by atoms with Crippen molar-refractivity contribution in [3.8, 4) is 44.9 Å². The van der Waals surface area contributed by atoms with E-state index in [0.717, 1.165) is 33.8 Å². The molecule has 205 valence electrons. The fraction of sp³-hybridized carbons (Fsp3) is 0.108. The second kappa shape index (κ2) is 14.4. The van der Waals surface area contributed by atoms with Gasteiger partial charge >= 0.3 is 0 Å². The molecule has 0 aliphatic rings. The topological polar surface area (TPSA) is 38.7 Å². The fourth-order valence-corrected chi connectivity index (χ4v) is 4.24. The maximum Gasteiger partial charge on any atom is 0.0748 e. The molecule has 0 saturated carbocycles. The molecule has 41 heavy (non-hydrogen) atoms. The maximum atomic E-state index is 4.46. The summed E-state index contributed by atoms with van der Waals surface area (Å²) < 4.78 is 0. The third-order valence-electron chi connectivity index (χ3n) is 6.62. The van der Waals surface area contributed by atoms with Crippen LogP contribution >= 0.6 is 0 Å². The van der Waals surface area contributed by atoms with Crippen molar-refractivity contribution in [2.24, 2.45) is 0 Å². The predicted octanol–water partition coefficient (Wildman–Crippen LogP) is 9.26. The first-order chi connectivity index (χ1) is 19.6. The first kappa shape index (κ1) is 29.7. The molecule has 0 aliphatic heterocycles. The van der Waals surface area contributed by atoms with Gasteiger partial charge in [-0.25, -0.2) is 0 Å². The number of hydrogen-bond acceptors (Lipinski definition) is 3. The Labute approximate surface area is 256 Å². The van der Waals surface area contributed by atoms with Gasteiger partial charge in [0.1, 0.15) is 0 Å². The number of aryl methyl sites for hydroxylation is 1. The van der Waals surface area contributed by atoms with Crippen molar-refractivity contribution in [2.45, 2.75) is 26.7 Å². The van der Waals surface area contributed by atoms with E-state index in [0.29, 0.717) is 5.92 Å². The van der Waals surface area contributed by atoms with E-state index in [1.807, 2.05) is 73.2 Å². The molecular formula is C37H31IrN3-2. The van der Waals surface area contributed by atoms with Gasteiger partial charge < -0.3 is 4.98 Å². The summed E-state index contributed by atoms with van der Waals surface area (Å²) in [6.45, 7) is 6.38. The van der Waals surface area contributed by atoms with E-state index in [1.54, 1.807) is 0 Å². The van der Waals surface area contributed by atoms with Crippen molar-refractivity contribution < 1.29 is 20.1 Å². The second-order valence-corrected chi connectivity index (χ2v) is 9.92. The number of nitrogens with zero attached hydrogens (tertiary/aromatic N) is 3. The van der Waals surface area contributed by atoms with Gasteiger partial charge in [0.05, 0.1) is 5.82 Å². The van der Waals surface area contributed by atoms with Crippen LogP contribution in [0.1, 0.15) is 30.9 Å². The van der Waals surface area contributed by atoms with E-state index >= 15 is 0 Å². The van der Waals surface area contributed by atoms with Crippen LogP contribution in [0.15, 0.2) is 128 Å². The van der Waals surface area contributed by atoms with Crippen LogP contribution < -0.4 is 0 Å². The van der Waals surface area contributed by atoms with Gasteiger partial charge in [-0.2, -0.15) is 0 Å². The molecule has 0 aliphatic carbocycles. The van der Waals surface area contributed by atoms with Crippen molar-refractivity contribution in [1.82, 2.24) is 15.0 Å². The summed E-state index contributed by atoms with van der Waals surface area (Å²) >= 11 is 0. The summed E-state index contributed by atoms with van der Waals surface area (Å²) in [6.07, 6.45) is 5.65. The number of pyridine rings is 1. The molecule has 6 rings (SSSR count). The minimum Gasteiger partial charge on any atom is -0.305 e. The van der Waals surface area contributed by atoms with Crippen LogP contribution in [-0.2, 0) is 20.1 Å². The third kappa shape index (κ3) is 7.91. The molecule has 1 radical (unpaired) electrons. The smallest absolute Gasteiger partial charge is 0.0748 e. The van der Waals surface area contributed by atoms with Crippen LogP contribution in [0, 0.1) is 19.1 Å². The van der Waals surface area contributed by atoms with Gasteiger partial charge in [-0.05, 0) is 46.9 Å². The van der Waals surface area contributed by atoms with Crippen LogP contribution in [0.2, 0.25) is 0 Å². The molecule has 3 nitrogen and oxygen atoms in total. The number of benzene rings is 4. The number of hydrogen-bond donors (Lipinski definition) is 0. The Kier molecular flexibility index (Phi) is 10.4. The molecular weight excluding hydrogens is 679 g/mol. The van der Waals surface area contributed by atoms with Crippen LogP contribution in [0.3, 0.4) is 0 Å². The molecule has 2 aromatic heterocycles. The normalized spacial score (nSPS) is 10.3. The zero-order chi connectivity index (χ0) is 27.7. The average molecular weight is 710 g/mol. The Morgan fingerprint density at radius 2 is 1.24 bits per heavy atom. The Morgan fingerprint density at radius 3 is 1.93 bits per heavy atom. The van der Waals surface area contributed by atoms with Gasteiger partial charge in [0.25, 0.3) is 0 Å². The molecule has 0 atom stereocenters. The molecule has 4 aromatic carbocycles. The monoisotopic (exact) mass is 710 g/mol. The van der Waals surface area contributed by atoms with Crippen LogP contribution in [0.4, 0.5) is 0 Å². The van der Waals surface area contributed by atoms with E-state index < -0.39 is 0 Å². The van der Waals surface area contributed by atoms with E-state index in [4.69, 9.17) is 0 Å². The molecule has 0 saturated heterocycles. The fourth-order valence-electron chi connectivity index (χ4n) is 4.24. The van der Waals surface area contributed by atoms with Crippen molar-refractivity contribution in [2.75, 3.05) is 0 Å². The summed E-state index contributed by atoms with van der Waals surface area (Å²) in [5.74, 6) is 1.16. The Morgan fingerprint density at radius 1 is 0.585 bits per heavy atom. The standard InChI is InChI=1S/C19H17N2.C18H14N.Ir/c1-14(2)18-12-20-19(21-13-18)17-10-6-9-16(11-17)15-7-4-3-5-8-15;1-14-7-9-15(10-8-14)17-11-12-19-18(13-17)16-5-3-2-4-6-16;/h3-9,11-14H,1-2H3;2-5,7-13H,1H3;/q2*-1;. The van der Waals surface area contributed by atoms with Gasteiger partial charge in [0.2, 0.25) is 0 Å². The van der Waals surface area contributed by atoms with Gasteiger partial charge in [0.15, 0.2) is 0 Å². The van der Waals surface area contributed by atoms with Crippen molar-refractivity contribution in [3.05, 3.63) is 151 Å². The van der Waals surface area contributed by atoms with E-state index in [1.165, 1.54) is 22.3 Å². The SMILES string of the molecule is CC(C)c1cnc(-c2[c-]ccc(-c3ccccc3)c2)nc1.Cc1ccc(-c2ccnc(-c3[c-]cccc3)c2)cc1.[Ir]. The molecule has 0 spiro atoms. The first-order valence-electron chi connectivity index (χ1n) is 13.5. The maximum absolute atomic E-state index is 4.46. The van der Waals surface area contributed by atoms with E-state index in [-0.39, 0.29) is 20.1 Å². The third-order valence-corrected chi connectivity index (χ3v) is 6.62. The molecule has 0 N–H and O–H groups in total. The zero-order valence-electron chi connectivity index (χ0n) is 23.4. The molecule has 0 fully saturated rings. The molecule has 0 amide bonds. The molecule has 2 heterocycles. The summed E-state index contributed by atoms with van der Waals surface area (Å²) in [7, 11) is 0. The van der Waals surface area contributed by atoms with Crippen molar-refractivity contribution >= 4 is 0 Å². The predicted molar refractivity (Wildman–Crippen MR) is 165 cm³/mol. The summed E-state index contributed by atoms with van der Waals surface area (Å²) in [5.41, 5.74) is 10.1. The second-order valence-electron chi connectivity index (χ2n) is 9.92. The van der Waals surface area contributed by atoms with E-state index in [2.05, 4.69) is 102 Å². The summed E-state index contributed by atoms with van der Waals surface area (Å²) in [6, 6.07) is 43.4. The minimum atomic E-state index is 0. The van der Waals surface area contributed by atoms with Crippen LogP contribution in [-0.4, -0.2) is 15.0 Å². The number of rotatable bonds is 5. The summed E-state index contributed by atoms with van der Waals surface area (Å²) in [5, 5.41) is 0. The minimum absolute atomic E-state index is 0. The number of aromatic nitrogens is 3. The largest absolute Gasteiger partial charge is 0.305 e. The summed E-state index contributed by atoms with van der Waals surface area (Å²) in [4.78, 5) is 13.3. The molecule has 0 unspecified atom stereocenters. The van der Waals surface area contributed by atoms with Gasteiger partial charge in [-0.15, -0.1) is 71.3 Å². The average Bonchev–Trinajstić information content (AvgIpc) is 3.03. The Bertz CT molecular complexity index is 1650. The van der Waals surface area contributed by atoms with Crippen LogP contribution in [0.5, 0.6) is 0 Å². The first-order valence-corrected chi connectivity index (χ1v) is 13.5. The molecule has 6 aromatic rings. The zero-order valence-corrected chi connectivity index (χ0v) is 25.8. The Balaban J connectivity index is 0.000000185. The van der Waals surface area contributed by atoms with Gasteiger partial charge in [-0.1, -0.05) is 80.1 Å². The van der Waals surface area contributed by atoms with Gasteiger partial charge in [-0.3, -0.25) is 9.97 Å². The molecule has 4 heteroatoms. The van der Waals surface area contributed by atoms with Crippen molar-refractivity contribution in [1.29, 1.82) is 0 Å². The quantitative estimate of drug-likeness (QED) is 0.168. The Hall–Kier alpha value is -4.24. The molecule has 0 bridgehead atoms. The van der Waals surface area contributed by atoms with Crippen LogP contribution in [0.25, 0.3) is 44.9 Å². The van der Waals surface area contributed by atoms with Gasteiger partial charge in [0, 0.05) is 38.7 Å².